The lowest BCUT2D eigenvalue weighted by atomic mass is 9.98. The average Bonchev–Trinajstić information content (AvgIpc) is 2.78. The number of aromatic nitrogens is 3. The lowest BCUT2D eigenvalue weighted by molar-refractivity contribution is 0.515. The van der Waals surface area contributed by atoms with Crippen molar-refractivity contribution in [3.63, 3.8) is 0 Å². The first-order valence-electron chi connectivity index (χ1n) is 6.44. The number of nitrogens with one attached hydrogen (secondary N) is 1. The molecule has 1 aromatic carbocycles. The van der Waals surface area contributed by atoms with E-state index in [0.717, 1.165) is 23.5 Å². The van der Waals surface area contributed by atoms with Crippen molar-refractivity contribution in [2.45, 2.75) is 26.3 Å². The molecule has 0 spiro atoms. The quantitative estimate of drug-likeness (QED) is 0.898. The van der Waals surface area contributed by atoms with Crippen molar-refractivity contribution in [3.8, 4) is 0 Å². The number of hydrogen-bond donors (Lipinski definition) is 1. The fourth-order valence-corrected chi connectivity index (χ4v) is 2.21. The zero-order chi connectivity index (χ0) is 13.8. The van der Waals surface area contributed by atoms with Crippen molar-refractivity contribution in [2.24, 2.45) is 7.05 Å². The molecule has 1 N–H and O–H groups in total. The van der Waals surface area contributed by atoms with E-state index in [2.05, 4.69) is 15.4 Å². The molecule has 0 aliphatic rings. The van der Waals surface area contributed by atoms with Gasteiger partial charge in [0.25, 0.3) is 0 Å². The van der Waals surface area contributed by atoms with Gasteiger partial charge in [0.2, 0.25) is 0 Å². The third-order valence-corrected chi connectivity index (χ3v) is 3.26. The van der Waals surface area contributed by atoms with E-state index in [1.54, 1.807) is 10.7 Å². The smallest absolute Gasteiger partial charge is 0.138 e. The molecule has 0 aliphatic carbocycles. The Morgan fingerprint density at radius 1 is 1.42 bits per heavy atom. The van der Waals surface area contributed by atoms with E-state index in [-0.39, 0.29) is 11.9 Å². The van der Waals surface area contributed by atoms with E-state index in [9.17, 15) is 4.39 Å². The third-order valence-electron chi connectivity index (χ3n) is 3.26. The molecular weight excluding hydrogens is 243 g/mol. The molecule has 4 nitrogen and oxygen atoms in total. The van der Waals surface area contributed by atoms with Crippen molar-refractivity contribution in [3.05, 3.63) is 47.3 Å². The summed E-state index contributed by atoms with van der Waals surface area (Å²) < 4.78 is 15.2. The van der Waals surface area contributed by atoms with E-state index in [4.69, 9.17) is 0 Å². The summed E-state index contributed by atoms with van der Waals surface area (Å²) in [4.78, 5) is 4.23. The summed E-state index contributed by atoms with van der Waals surface area (Å²) in [6.07, 6.45) is 2.23. The van der Waals surface area contributed by atoms with E-state index in [1.807, 2.05) is 27.0 Å². The highest BCUT2D eigenvalue weighted by Crippen LogP contribution is 2.22. The number of hydrogen-bond acceptors (Lipinski definition) is 3. The Kier molecular flexibility index (Phi) is 4.27. The Balaban J connectivity index is 2.29. The van der Waals surface area contributed by atoms with Gasteiger partial charge in [0.05, 0.1) is 0 Å². The van der Waals surface area contributed by atoms with Gasteiger partial charge in [-0.2, -0.15) is 5.10 Å². The van der Waals surface area contributed by atoms with Crippen LogP contribution < -0.4 is 5.32 Å². The van der Waals surface area contributed by atoms with Gasteiger partial charge in [-0.05, 0) is 36.7 Å². The molecule has 102 valence electrons. The molecule has 1 unspecified atom stereocenters. The normalized spacial score (nSPS) is 12.6. The second-order valence-corrected chi connectivity index (χ2v) is 4.62. The minimum atomic E-state index is -0.207. The largest absolute Gasteiger partial charge is 0.310 e. The van der Waals surface area contributed by atoms with Crippen LogP contribution in [-0.2, 0) is 13.5 Å². The predicted molar refractivity (Wildman–Crippen MR) is 72.3 cm³/mol. The molecule has 19 heavy (non-hydrogen) atoms. The van der Waals surface area contributed by atoms with E-state index >= 15 is 0 Å². The fraction of sp³-hybridized carbons (Fsp3) is 0.429. The Hall–Kier alpha value is -1.75. The monoisotopic (exact) mass is 262 g/mol. The number of aryl methyl sites for hydroxylation is 2. The van der Waals surface area contributed by atoms with Crippen LogP contribution in [0.4, 0.5) is 4.39 Å². The maximum absolute atomic E-state index is 13.4. The Morgan fingerprint density at radius 3 is 2.84 bits per heavy atom. The Labute approximate surface area is 112 Å². The average molecular weight is 262 g/mol. The summed E-state index contributed by atoms with van der Waals surface area (Å²) in [5.41, 5.74) is 2.05. The fourth-order valence-electron chi connectivity index (χ4n) is 2.21. The van der Waals surface area contributed by atoms with Crippen molar-refractivity contribution >= 4 is 0 Å². The molecule has 1 aromatic heterocycles. The van der Waals surface area contributed by atoms with Crippen molar-refractivity contribution in [1.29, 1.82) is 0 Å². The molecule has 0 bridgehead atoms. The predicted octanol–water partition coefficient (Wildman–Crippen LogP) is 2.16. The van der Waals surface area contributed by atoms with Gasteiger partial charge in [-0.3, -0.25) is 4.68 Å². The molecule has 1 heterocycles. The summed E-state index contributed by atoms with van der Waals surface area (Å²) >= 11 is 0. The van der Waals surface area contributed by atoms with Gasteiger partial charge < -0.3 is 5.32 Å². The van der Waals surface area contributed by atoms with Gasteiger partial charge >= 0.3 is 0 Å². The molecule has 1 atom stereocenters. The second kappa shape index (κ2) is 5.93. The molecular formula is C14H19FN4. The SMILES string of the molecule is CCNC(Cc1ncnn1C)c1cc(F)ccc1C. The molecule has 2 rings (SSSR count). The van der Waals surface area contributed by atoms with Crippen LogP contribution in [0.15, 0.2) is 24.5 Å². The lowest BCUT2D eigenvalue weighted by Crippen LogP contribution is -2.25. The zero-order valence-corrected chi connectivity index (χ0v) is 11.5. The van der Waals surface area contributed by atoms with Crippen LogP contribution in [-0.4, -0.2) is 21.3 Å². The zero-order valence-electron chi connectivity index (χ0n) is 11.5. The second-order valence-electron chi connectivity index (χ2n) is 4.62. The number of rotatable bonds is 5. The minimum Gasteiger partial charge on any atom is -0.310 e. The van der Waals surface area contributed by atoms with Gasteiger partial charge in [0, 0.05) is 19.5 Å². The highest BCUT2D eigenvalue weighted by Gasteiger charge is 2.16. The lowest BCUT2D eigenvalue weighted by Gasteiger charge is -2.20. The molecule has 5 heteroatoms. The Bertz CT molecular complexity index is 550. The summed E-state index contributed by atoms with van der Waals surface area (Å²) in [7, 11) is 1.86. The minimum absolute atomic E-state index is 0.0450. The van der Waals surface area contributed by atoms with Crippen LogP contribution in [0.2, 0.25) is 0 Å². The molecule has 0 amide bonds. The summed E-state index contributed by atoms with van der Waals surface area (Å²) in [6, 6.07) is 4.94. The van der Waals surface area contributed by atoms with Crippen LogP contribution >= 0.6 is 0 Å². The van der Waals surface area contributed by atoms with Crippen molar-refractivity contribution in [1.82, 2.24) is 20.1 Å². The summed E-state index contributed by atoms with van der Waals surface area (Å²) in [6.45, 7) is 4.85. The molecule has 0 saturated heterocycles. The van der Waals surface area contributed by atoms with Gasteiger partial charge in [-0.25, -0.2) is 9.37 Å². The highest BCUT2D eigenvalue weighted by molar-refractivity contribution is 5.30. The molecule has 0 saturated carbocycles. The van der Waals surface area contributed by atoms with Crippen LogP contribution in [0.3, 0.4) is 0 Å². The van der Waals surface area contributed by atoms with E-state index in [0.29, 0.717) is 6.42 Å². The van der Waals surface area contributed by atoms with Gasteiger partial charge in [-0.15, -0.1) is 0 Å². The van der Waals surface area contributed by atoms with Crippen molar-refractivity contribution in [2.75, 3.05) is 6.54 Å². The van der Waals surface area contributed by atoms with Crippen LogP contribution in [0, 0.1) is 12.7 Å². The van der Waals surface area contributed by atoms with Gasteiger partial charge in [0.15, 0.2) is 0 Å². The van der Waals surface area contributed by atoms with E-state index in [1.165, 1.54) is 12.4 Å². The highest BCUT2D eigenvalue weighted by atomic mass is 19.1. The maximum atomic E-state index is 13.4. The van der Waals surface area contributed by atoms with Gasteiger partial charge in [-0.1, -0.05) is 13.0 Å². The number of halogens is 1. The van der Waals surface area contributed by atoms with Gasteiger partial charge in [0.1, 0.15) is 18.0 Å². The first-order chi connectivity index (χ1) is 9.11. The number of benzene rings is 1. The topological polar surface area (TPSA) is 42.7 Å². The maximum Gasteiger partial charge on any atom is 0.138 e. The van der Waals surface area contributed by atoms with Crippen LogP contribution in [0.25, 0.3) is 0 Å². The third kappa shape index (κ3) is 3.17. The number of nitrogens with zero attached hydrogens (tertiary/aromatic N) is 3. The van der Waals surface area contributed by atoms with Crippen LogP contribution in [0.1, 0.15) is 29.9 Å². The van der Waals surface area contributed by atoms with Crippen molar-refractivity contribution < 1.29 is 4.39 Å². The summed E-state index contributed by atoms with van der Waals surface area (Å²) in [5, 5.41) is 7.45. The molecule has 0 fully saturated rings. The first-order valence-corrected chi connectivity index (χ1v) is 6.44. The van der Waals surface area contributed by atoms with E-state index < -0.39 is 0 Å². The summed E-state index contributed by atoms with van der Waals surface area (Å²) in [5.74, 6) is 0.677. The molecule has 2 aromatic rings. The standard InChI is InChI=1S/C14H19FN4/c1-4-16-13(8-14-17-9-18-19(14)3)12-7-11(15)6-5-10(12)2/h5-7,9,13,16H,4,8H2,1-3H3. The van der Waals surface area contributed by atoms with Crippen LogP contribution in [0.5, 0.6) is 0 Å². The molecule has 0 aliphatic heterocycles. The molecule has 0 radical (unpaired) electrons. The Morgan fingerprint density at radius 2 is 2.21 bits per heavy atom. The number of likely N-dealkylation sites (N-methyl/N-ethyl adjacent to an activating group) is 1. The first kappa shape index (κ1) is 13.7.